The van der Waals surface area contributed by atoms with Crippen molar-refractivity contribution < 1.29 is 27.5 Å². The van der Waals surface area contributed by atoms with Gasteiger partial charge in [-0.05, 0) is 17.7 Å². The molecule has 0 aliphatic rings. The molecule has 1 aromatic heterocycles. The molecule has 0 saturated heterocycles. The minimum absolute atomic E-state index is 0.0535. The molecule has 10 nitrogen and oxygen atoms in total. The van der Waals surface area contributed by atoms with Gasteiger partial charge in [0.2, 0.25) is 0 Å². The topological polar surface area (TPSA) is 176 Å². The number of aromatic nitrogens is 1. The van der Waals surface area contributed by atoms with E-state index in [1.165, 1.54) is 0 Å². The van der Waals surface area contributed by atoms with Crippen LogP contribution in [0.2, 0.25) is 0 Å². The summed E-state index contributed by atoms with van der Waals surface area (Å²) < 4.78 is 41.0. The van der Waals surface area contributed by atoms with Crippen LogP contribution in [0, 0.1) is 11.2 Å². The Morgan fingerprint density at radius 3 is 2.75 bits per heavy atom. The predicted octanol–water partition coefficient (Wildman–Crippen LogP) is 0.900. The first kappa shape index (κ1) is 21.1. The third kappa shape index (κ3) is 5.40. The number of nitrogens with one attached hydrogen (secondary N) is 2. The fourth-order valence-corrected chi connectivity index (χ4v) is 3.97. The molecule has 1 heterocycles. The van der Waals surface area contributed by atoms with Crippen LogP contribution in [-0.2, 0) is 21.2 Å². The van der Waals surface area contributed by atoms with Crippen molar-refractivity contribution in [1.82, 2.24) is 4.98 Å². The summed E-state index contributed by atoms with van der Waals surface area (Å²) in [6, 6.07) is 2.94. The van der Waals surface area contributed by atoms with Crippen LogP contribution >= 0.6 is 11.3 Å². The van der Waals surface area contributed by atoms with Gasteiger partial charge in [0, 0.05) is 6.42 Å². The van der Waals surface area contributed by atoms with Gasteiger partial charge >= 0.3 is 5.97 Å². The lowest BCUT2D eigenvalue weighted by molar-refractivity contribution is -0.112. The van der Waals surface area contributed by atoms with Crippen molar-refractivity contribution in [3.05, 3.63) is 40.8 Å². The number of hydrogen-bond donors (Lipinski definition) is 4. The molecule has 13 heteroatoms. The minimum Gasteiger partial charge on any atom is -0.476 e. The van der Waals surface area contributed by atoms with Gasteiger partial charge in [0.05, 0.1) is 23.2 Å². The van der Waals surface area contributed by atoms with Gasteiger partial charge in [-0.2, -0.15) is 0 Å². The molecule has 0 spiro atoms. The number of aromatic carboxylic acids is 1. The molecule has 0 radical (unpaired) electrons. The Kier molecular flexibility index (Phi) is 6.53. The van der Waals surface area contributed by atoms with Crippen molar-refractivity contribution in [1.29, 1.82) is 5.41 Å². The number of carbonyl (C=O) groups excluding carboxylic acids is 1. The van der Waals surface area contributed by atoms with Crippen LogP contribution in [-0.4, -0.2) is 48.9 Å². The summed E-state index contributed by atoms with van der Waals surface area (Å²) in [5, 5.41) is 15.7. The minimum atomic E-state index is -4.26. The first-order valence-electron chi connectivity index (χ1n) is 7.43. The first-order chi connectivity index (χ1) is 13.1. The van der Waals surface area contributed by atoms with Crippen molar-refractivity contribution in [3.63, 3.8) is 0 Å². The van der Waals surface area contributed by atoms with Crippen LogP contribution in [0.3, 0.4) is 0 Å². The fourth-order valence-electron chi connectivity index (χ4n) is 1.97. The Morgan fingerprint density at radius 2 is 2.14 bits per heavy atom. The summed E-state index contributed by atoms with van der Waals surface area (Å²) in [7, 11) is -4.26. The van der Waals surface area contributed by atoms with E-state index in [4.69, 9.17) is 16.2 Å². The number of thiazole rings is 1. The average molecular weight is 427 g/mol. The van der Waals surface area contributed by atoms with Crippen molar-refractivity contribution in [2.75, 3.05) is 11.3 Å². The molecular formula is C15H14FN5O5S2. The number of anilines is 1. The Balaban J connectivity index is 2.17. The van der Waals surface area contributed by atoms with E-state index >= 15 is 0 Å². The number of nitrogens with zero attached hydrogens (tertiary/aromatic N) is 2. The highest BCUT2D eigenvalue weighted by Crippen LogP contribution is 2.25. The van der Waals surface area contributed by atoms with Crippen LogP contribution in [0.25, 0.3) is 0 Å². The van der Waals surface area contributed by atoms with E-state index in [0.29, 0.717) is 0 Å². The maximum absolute atomic E-state index is 14.2. The molecule has 0 fully saturated rings. The monoisotopic (exact) mass is 427 g/mol. The molecule has 148 valence electrons. The Hall–Kier alpha value is -3.19. The number of rotatable bonds is 9. The van der Waals surface area contributed by atoms with Crippen LogP contribution in [0.1, 0.15) is 16.1 Å². The van der Waals surface area contributed by atoms with Gasteiger partial charge in [0.15, 0.2) is 11.5 Å². The third-order valence-corrected chi connectivity index (χ3v) is 5.41. The lowest BCUT2D eigenvalue weighted by Gasteiger charge is -2.08. The number of halogens is 1. The number of hydrogen-bond acceptors (Lipinski definition) is 8. The van der Waals surface area contributed by atoms with E-state index < -0.39 is 38.2 Å². The zero-order chi connectivity index (χ0) is 20.9. The lowest BCUT2D eigenvalue weighted by Crippen LogP contribution is -2.16. The number of carboxylic acids is 1. The summed E-state index contributed by atoms with van der Waals surface area (Å²) >= 11 is 0.766. The summed E-state index contributed by atoms with van der Waals surface area (Å²) in [6.45, 7) is -0.160. The Morgan fingerprint density at radius 1 is 1.43 bits per heavy atom. The second kappa shape index (κ2) is 8.67. The molecule has 0 amide bonds. The highest BCUT2D eigenvalue weighted by molar-refractivity contribution is 7.93. The number of aliphatic imine (C=N–C) groups is 1. The van der Waals surface area contributed by atoms with Gasteiger partial charge in [-0.1, -0.05) is 6.07 Å². The second-order valence-electron chi connectivity index (χ2n) is 5.33. The standard InChI is InChI=1S/C15H14FN5O5S2/c16-11-4-10(2-1-8(11)3-9(22)5-19-6-12(17)18)28(25,26)21-14-13(15(23)24)20-7-27-14/h1-2,4-5,7,21H,3,6H2,(H3,17,18)(H,23,24). The van der Waals surface area contributed by atoms with Crippen molar-refractivity contribution in [3.8, 4) is 0 Å². The molecule has 5 N–H and O–H groups in total. The first-order valence-corrected chi connectivity index (χ1v) is 9.80. The van der Waals surface area contributed by atoms with E-state index in [1.54, 1.807) is 0 Å². The number of sulfonamides is 1. The number of ketones is 1. The molecule has 0 saturated carbocycles. The molecule has 0 aliphatic heterocycles. The van der Waals surface area contributed by atoms with Gasteiger partial charge in [-0.25, -0.2) is 22.6 Å². The SMILES string of the molecule is N=C(N)CN=CC(=O)Cc1ccc(S(=O)(=O)Nc2scnc2C(=O)O)cc1F. The zero-order valence-corrected chi connectivity index (χ0v) is 15.7. The van der Waals surface area contributed by atoms with E-state index in [0.717, 1.165) is 41.3 Å². The maximum atomic E-state index is 14.2. The molecule has 0 atom stereocenters. The van der Waals surface area contributed by atoms with Gasteiger partial charge < -0.3 is 10.8 Å². The quantitative estimate of drug-likeness (QED) is 0.339. The molecule has 28 heavy (non-hydrogen) atoms. The fraction of sp³-hybridized carbons (Fsp3) is 0.133. The highest BCUT2D eigenvalue weighted by Gasteiger charge is 2.22. The smallest absolute Gasteiger partial charge is 0.357 e. The number of amidine groups is 1. The molecule has 1 aromatic carbocycles. The van der Waals surface area contributed by atoms with Gasteiger partial charge in [0.25, 0.3) is 10.0 Å². The van der Waals surface area contributed by atoms with Crippen LogP contribution in [0.5, 0.6) is 0 Å². The van der Waals surface area contributed by atoms with E-state index in [1.807, 2.05) is 0 Å². The number of Topliss-reactive ketones (excluding diaryl/α,β-unsaturated/α-hetero) is 1. The maximum Gasteiger partial charge on any atom is 0.357 e. The van der Waals surface area contributed by atoms with Crippen molar-refractivity contribution >= 4 is 50.2 Å². The molecule has 0 unspecified atom stereocenters. The molecule has 2 aromatic rings. The Bertz CT molecular complexity index is 1060. The number of carbonyl (C=O) groups is 2. The third-order valence-electron chi connectivity index (χ3n) is 3.19. The predicted molar refractivity (Wildman–Crippen MR) is 100 cm³/mol. The highest BCUT2D eigenvalue weighted by atomic mass is 32.2. The second-order valence-corrected chi connectivity index (χ2v) is 7.87. The largest absolute Gasteiger partial charge is 0.476 e. The van der Waals surface area contributed by atoms with Crippen LogP contribution < -0.4 is 10.5 Å². The normalized spacial score (nSPS) is 11.5. The number of carboxylic acid groups (broad SMARTS) is 1. The van der Waals surface area contributed by atoms with Gasteiger partial charge in [0.1, 0.15) is 16.7 Å². The average Bonchev–Trinajstić information content (AvgIpc) is 3.04. The number of benzene rings is 1. The van der Waals surface area contributed by atoms with E-state index in [9.17, 15) is 22.4 Å². The van der Waals surface area contributed by atoms with E-state index in [2.05, 4.69) is 14.7 Å². The van der Waals surface area contributed by atoms with Crippen molar-refractivity contribution in [2.24, 2.45) is 10.7 Å². The van der Waals surface area contributed by atoms with E-state index in [-0.39, 0.29) is 29.4 Å². The lowest BCUT2D eigenvalue weighted by atomic mass is 10.1. The summed E-state index contributed by atoms with van der Waals surface area (Å²) in [4.78, 5) is 29.4. The molecular weight excluding hydrogens is 413 g/mol. The molecule has 0 bridgehead atoms. The van der Waals surface area contributed by atoms with Crippen LogP contribution in [0.4, 0.5) is 9.39 Å². The van der Waals surface area contributed by atoms with Gasteiger partial charge in [-0.3, -0.25) is 19.9 Å². The summed E-state index contributed by atoms with van der Waals surface area (Å²) in [5.41, 5.74) is 5.72. The van der Waals surface area contributed by atoms with Crippen LogP contribution in [0.15, 0.2) is 33.6 Å². The Labute approximate surface area is 162 Å². The van der Waals surface area contributed by atoms with Gasteiger partial charge in [-0.15, -0.1) is 11.3 Å². The van der Waals surface area contributed by atoms with Crippen molar-refractivity contribution in [2.45, 2.75) is 11.3 Å². The zero-order valence-electron chi connectivity index (χ0n) is 14.0. The molecule has 2 rings (SSSR count). The summed E-state index contributed by atoms with van der Waals surface area (Å²) in [5.74, 6) is -3.13. The summed E-state index contributed by atoms with van der Waals surface area (Å²) in [6.07, 6.45) is 0.559. The molecule has 0 aliphatic carbocycles. The number of nitrogens with two attached hydrogens (primary N) is 1.